The Hall–Kier alpha value is -1.15. The first kappa shape index (κ1) is 22.5. The number of likely N-dealkylation sites (tertiary alicyclic amines) is 1. The molecule has 2 saturated heterocycles. The third-order valence-electron chi connectivity index (χ3n) is 6.54. The van der Waals surface area contributed by atoms with Crippen LogP contribution < -0.4 is 0 Å². The minimum atomic E-state index is -1.10. The van der Waals surface area contributed by atoms with Gasteiger partial charge in [-0.15, -0.1) is 0 Å². The zero-order valence-electron chi connectivity index (χ0n) is 19.1. The van der Waals surface area contributed by atoms with Crippen molar-refractivity contribution in [3.05, 3.63) is 12.2 Å². The number of carbonyl (C=O) groups is 1. The van der Waals surface area contributed by atoms with E-state index in [0.717, 1.165) is 19.3 Å². The van der Waals surface area contributed by atoms with Crippen LogP contribution >= 0.6 is 0 Å². The molecule has 7 nitrogen and oxygen atoms in total. The van der Waals surface area contributed by atoms with Crippen LogP contribution in [0.5, 0.6) is 0 Å². The van der Waals surface area contributed by atoms with E-state index in [1.54, 1.807) is 14.2 Å². The van der Waals surface area contributed by atoms with Gasteiger partial charge in [0.2, 0.25) is 11.6 Å². The molecule has 1 spiro atoms. The second kappa shape index (κ2) is 7.52. The summed E-state index contributed by atoms with van der Waals surface area (Å²) in [7, 11) is 3.17. The quantitative estimate of drug-likeness (QED) is 0.655. The van der Waals surface area contributed by atoms with Gasteiger partial charge in [0, 0.05) is 20.1 Å². The first-order chi connectivity index (χ1) is 13.5. The number of ether oxygens (including phenoxy) is 5. The summed E-state index contributed by atoms with van der Waals surface area (Å²) in [6, 6.07) is 0. The Morgan fingerprint density at radius 2 is 1.72 bits per heavy atom. The van der Waals surface area contributed by atoms with Crippen molar-refractivity contribution in [2.75, 3.05) is 20.8 Å². The standard InChI is InChI=1S/C22H37NO6/c1-9-10-11-15-17-16(27-20(5,25-7)21(6,26-8)28-17)14-23(22(15)12-13-22)18(24)29-19(2,3)4/h10-11,15-17H,9,12-14H2,1-8H3. The van der Waals surface area contributed by atoms with Crippen LogP contribution in [0.25, 0.3) is 0 Å². The Labute approximate surface area is 174 Å². The molecule has 0 bridgehead atoms. The van der Waals surface area contributed by atoms with Gasteiger partial charge in [-0.25, -0.2) is 4.79 Å². The fourth-order valence-corrected chi connectivity index (χ4v) is 4.54. The summed E-state index contributed by atoms with van der Waals surface area (Å²) in [4.78, 5) is 15.0. The molecule has 1 aliphatic carbocycles. The Morgan fingerprint density at radius 3 is 2.21 bits per heavy atom. The normalized spacial score (nSPS) is 38.9. The molecule has 0 N–H and O–H groups in total. The maximum absolute atomic E-state index is 13.1. The van der Waals surface area contributed by atoms with Crippen molar-refractivity contribution in [1.82, 2.24) is 4.90 Å². The molecule has 2 heterocycles. The van der Waals surface area contributed by atoms with E-state index in [1.165, 1.54) is 0 Å². The van der Waals surface area contributed by atoms with Gasteiger partial charge in [-0.2, -0.15) is 0 Å². The lowest BCUT2D eigenvalue weighted by Crippen LogP contribution is -2.72. The molecule has 3 fully saturated rings. The minimum Gasteiger partial charge on any atom is -0.444 e. The number of hydrogen-bond donors (Lipinski definition) is 0. The van der Waals surface area contributed by atoms with Gasteiger partial charge in [0.25, 0.3) is 0 Å². The van der Waals surface area contributed by atoms with Crippen molar-refractivity contribution in [3.8, 4) is 0 Å². The SMILES string of the molecule is CCC=CC1C2OC(C)(OC)C(C)(OC)OC2CN(C(=O)OC(C)(C)C)C12CC2. The van der Waals surface area contributed by atoms with Gasteiger partial charge in [0.05, 0.1) is 18.2 Å². The van der Waals surface area contributed by atoms with Crippen molar-refractivity contribution in [2.24, 2.45) is 5.92 Å². The molecule has 0 aromatic carbocycles. The Morgan fingerprint density at radius 1 is 1.14 bits per heavy atom. The lowest BCUT2D eigenvalue weighted by molar-refractivity contribution is -0.456. The van der Waals surface area contributed by atoms with E-state index in [-0.39, 0.29) is 29.8 Å². The molecule has 5 unspecified atom stereocenters. The van der Waals surface area contributed by atoms with Crippen molar-refractivity contribution < 1.29 is 28.5 Å². The van der Waals surface area contributed by atoms with Crippen LogP contribution in [0.3, 0.4) is 0 Å². The zero-order valence-corrected chi connectivity index (χ0v) is 19.1. The molecule has 29 heavy (non-hydrogen) atoms. The Kier molecular flexibility index (Phi) is 5.84. The number of amides is 1. The maximum Gasteiger partial charge on any atom is 0.410 e. The van der Waals surface area contributed by atoms with E-state index in [0.29, 0.717) is 6.54 Å². The number of hydrogen-bond acceptors (Lipinski definition) is 6. The van der Waals surface area contributed by atoms with Crippen LogP contribution in [0.1, 0.15) is 60.8 Å². The highest BCUT2D eigenvalue weighted by atomic mass is 16.8. The summed E-state index contributed by atoms with van der Waals surface area (Å²) in [5.74, 6) is -2.18. The summed E-state index contributed by atoms with van der Waals surface area (Å²) in [6.45, 7) is 11.8. The maximum atomic E-state index is 13.1. The molecule has 0 radical (unpaired) electrons. The molecule has 0 aromatic heterocycles. The third kappa shape index (κ3) is 3.82. The van der Waals surface area contributed by atoms with Gasteiger partial charge >= 0.3 is 6.09 Å². The van der Waals surface area contributed by atoms with E-state index in [4.69, 9.17) is 23.7 Å². The summed E-state index contributed by atoms with van der Waals surface area (Å²) >= 11 is 0. The molecule has 3 rings (SSSR count). The molecule has 0 aromatic rings. The molecule has 5 atom stereocenters. The van der Waals surface area contributed by atoms with E-state index in [2.05, 4.69) is 19.1 Å². The van der Waals surface area contributed by atoms with Gasteiger partial charge in [-0.1, -0.05) is 19.1 Å². The van der Waals surface area contributed by atoms with Crippen molar-refractivity contribution >= 4 is 6.09 Å². The lowest BCUT2D eigenvalue weighted by atomic mass is 9.80. The Bertz CT molecular complexity index is 654. The molecule has 1 saturated carbocycles. The monoisotopic (exact) mass is 411 g/mol. The molecule has 2 aliphatic heterocycles. The average molecular weight is 412 g/mol. The topological polar surface area (TPSA) is 66.5 Å². The van der Waals surface area contributed by atoms with E-state index in [9.17, 15) is 4.79 Å². The second-order valence-electron chi connectivity index (χ2n) is 9.60. The van der Waals surface area contributed by atoms with Crippen LogP contribution in [-0.2, 0) is 23.7 Å². The van der Waals surface area contributed by atoms with Crippen LogP contribution in [0.15, 0.2) is 12.2 Å². The van der Waals surface area contributed by atoms with Crippen LogP contribution in [-0.4, -0.2) is 66.7 Å². The van der Waals surface area contributed by atoms with Gasteiger partial charge in [0.1, 0.15) is 11.7 Å². The highest BCUT2D eigenvalue weighted by Crippen LogP contribution is 2.56. The van der Waals surface area contributed by atoms with Gasteiger partial charge in [-0.3, -0.25) is 4.90 Å². The summed E-state index contributed by atoms with van der Waals surface area (Å²) < 4.78 is 30.1. The number of fused-ring (bicyclic) bond motifs is 1. The van der Waals surface area contributed by atoms with E-state index in [1.807, 2.05) is 39.5 Å². The smallest absolute Gasteiger partial charge is 0.410 e. The molecular weight excluding hydrogens is 374 g/mol. The summed E-state index contributed by atoms with van der Waals surface area (Å²) in [6.07, 6.45) is 6.17. The molecule has 1 amide bonds. The zero-order chi connectivity index (χ0) is 21.7. The predicted octanol–water partition coefficient (Wildman–Crippen LogP) is 3.86. The fraction of sp³-hybridized carbons (Fsp3) is 0.864. The number of piperidine rings is 1. The second-order valence-corrected chi connectivity index (χ2v) is 9.60. The van der Waals surface area contributed by atoms with Crippen molar-refractivity contribution in [3.63, 3.8) is 0 Å². The summed E-state index contributed by atoms with van der Waals surface area (Å²) in [5, 5.41) is 0. The molecule has 3 aliphatic rings. The Balaban J connectivity index is 1.97. The number of rotatable bonds is 4. The third-order valence-corrected chi connectivity index (χ3v) is 6.54. The van der Waals surface area contributed by atoms with E-state index >= 15 is 0 Å². The first-order valence-corrected chi connectivity index (χ1v) is 10.6. The number of allylic oxidation sites excluding steroid dienone is 1. The number of nitrogens with zero attached hydrogens (tertiary/aromatic N) is 1. The van der Waals surface area contributed by atoms with Crippen LogP contribution in [0, 0.1) is 5.92 Å². The first-order valence-electron chi connectivity index (χ1n) is 10.6. The van der Waals surface area contributed by atoms with Crippen LogP contribution in [0.2, 0.25) is 0 Å². The average Bonchev–Trinajstić information content (AvgIpc) is 3.42. The van der Waals surface area contributed by atoms with Gasteiger partial charge in [-0.05, 0) is 53.9 Å². The van der Waals surface area contributed by atoms with Crippen LogP contribution in [0.4, 0.5) is 4.79 Å². The summed E-state index contributed by atoms with van der Waals surface area (Å²) in [5.41, 5.74) is -0.855. The van der Waals surface area contributed by atoms with Crippen molar-refractivity contribution in [1.29, 1.82) is 0 Å². The predicted molar refractivity (Wildman–Crippen MR) is 108 cm³/mol. The van der Waals surface area contributed by atoms with E-state index < -0.39 is 17.2 Å². The lowest BCUT2D eigenvalue weighted by Gasteiger charge is -2.58. The minimum absolute atomic E-state index is 0.00963. The highest BCUT2D eigenvalue weighted by Gasteiger charge is 2.67. The fourth-order valence-electron chi connectivity index (χ4n) is 4.54. The molecule has 166 valence electrons. The number of methoxy groups -OCH3 is 2. The number of carbonyl (C=O) groups excluding carboxylic acids is 1. The largest absolute Gasteiger partial charge is 0.444 e. The molecular formula is C22H37NO6. The van der Waals surface area contributed by atoms with Crippen molar-refractivity contribution in [2.45, 2.75) is 95.7 Å². The highest BCUT2D eigenvalue weighted by molar-refractivity contribution is 5.70. The van der Waals surface area contributed by atoms with Gasteiger partial charge in [0.15, 0.2) is 0 Å². The molecule has 7 heteroatoms. The van der Waals surface area contributed by atoms with Gasteiger partial charge < -0.3 is 23.7 Å².